The number of nitrogens with two attached hydrogens (primary N) is 1. The van der Waals surface area contributed by atoms with E-state index in [2.05, 4.69) is 10.6 Å². The zero-order valence-electron chi connectivity index (χ0n) is 22.3. The molecule has 0 unspecified atom stereocenters. The number of rotatable bonds is 11. The minimum absolute atomic E-state index is 0.0887. The van der Waals surface area contributed by atoms with Gasteiger partial charge in [0.25, 0.3) is 0 Å². The molecule has 0 aliphatic heterocycles. The molecule has 0 heterocycles. The Morgan fingerprint density at radius 1 is 0.800 bits per heavy atom. The third-order valence-corrected chi connectivity index (χ3v) is 7.45. The first kappa shape index (κ1) is 28.7. The number of carbonyl (C=O) groups excluding carboxylic acids is 3. The van der Waals surface area contributed by atoms with Crippen LogP contribution in [0, 0.1) is 11.8 Å². The summed E-state index contributed by atoms with van der Waals surface area (Å²) in [4.78, 5) is 50.3. The summed E-state index contributed by atoms with van der Waals surface area (Å²) in [6.45, 7) is 0.618. The second kappa shape index (κ2) is 13.7. The molecule has 1 atom stereocenters. The molecule has 0 bridgehead atoms. The second-order valence-electron chi connectivity index (χ2n) is 10.4. The van der Waals surface area contributed by atoms with E-state index in [-0.39, 0.29) is 36.4 Å². The van der Waals surface area contributed by atoms with Crippen molar-refractivity contribution in [3.05, 3.63) is 101 Å². The highest BCUT2D eigenvalue weighted by atomic mass is 16.4. The van der Waals surface area contributed by atoms with E-state index in [9.17, 15) is 19.2 Å². The normalized spacial score (nSPS) is 17.4. The number of nitrogens with one attached hydrogen (secondary N) is 2. The molecule has 0 aromatic heterocycles. The van der Waals surface area contributed by atoms with E-state index in [0.29, 0.717) is 34.8 Å². The third-order valence-electron chi connectivity index (χ3n) is 7.45. The lowest BCUT2D eigenvalue weighted by atomic mass is 9.81. The van der Waals surface area contributed by atoms with Crippen LogP contribution in [-0.4, -0.2) is 41.3 Å². The first-order valence-electron chi connectivity index (χ1n) is 13.6. The van der Waals surface area contributed by atoms with Crippen LogP contribution in [0.3, 0.4) is 0 Å². The van der Waals surface area contributed by atoms with Crippen molar-refractivity contribution in [1.82, 2.24) is 5.32 Å². The van der Waals surface area contributed by atoms with Gasteiger partial charge in [-0.05, 0) is 61.4 Å². The molecule has 8 heteroatoms. The summed E-state index contributed by atoms with van der Waals surface area (Å²) in [5, 5.41) is 14.8. The number of benzene rings is 3. The molecule has 40 heavy (non-hydrogen) atoms. The van der Waals surface area contributed by atoms with E-state index in [1.54, 1.807) is 60.7 Å². The maximum absolute atomic E-state index is 13.4. The molecule has 1 aliphatic carbocycles. The summed E-state index contributed by atoms with van der Waals surface area (Å²) in [5.41, 5.74) is 8.86. The van der Waals surface area contributed by atoms with Crippen LogP contribution in [-0.2, 0) is 27.2 Å². The number of hydrogen-bond donors (Lipinski definition) is 4. The Balaban J connectivity index is 1.47. The minimum atomic E-state index is -0.934. The van der Waals surface area contributed by atoms with Gasteiger partial charge in [0.15, 0.2) is 5.78 Å². The Morgan fingerprint density at radius 3 is 2.00 bits per heavy atom. The Labute approximate surface area is 234 Å². The van der Waals surface area contributed by atoms with Crippen LogP contribution in [0.15, 0.2) is 78.9 Å². The largest absolute Gasteiger partial charge is 0.481 e. The molecule has 1 aliphatic rings. The quantitative estimate of drug-likeness (QED) is 0.271. The van der Waals surface area contributed by atoms with Crippen molar-refractivity contribution in [2.45, 2.75) is 44.6 Å². The highest BCUT2D eigenvalue weighted by molar-refractivity contribution is 6.09. The molecule has 3 aromatic rings. The molecule has 4 rings (SSSR count). The molecular weight excluding hydrogens is 506 g/mol. The van der Waals surface area contributed by atoms with Crippen molar-refractivity contribution < 1.29 is 24.3 Å². The fraction of sp³-hybridized carbons (Fsp3) is 0.312. The Bertz CT molecular complexity index is 1310. The lowest BCUT2D eigenvalue weighted by molar-refractivity contribution is -0.136. The van der Waals surface area contributed by atoms with Gasteiger partial charge in [-0.2, -0.15) is 0 Å². The summed E-state index contributed by atoms with van der Waals surface area (Å²) in [6, 6.07) is 21.8. The number of hydrogen-bond acceptors (Lipinski definition) is 5. The summed E-state index contributed by atoms with van der Waals surface area (Å²) >= 11 is 0. The van der Waals surface area contributed by atoms with E-state index in [4.69, 9.17) is 10.8 Å². The smallest absolute Gasteiger partial charge is 0.307 e. The van der Waals surface area contributed by atoms with Gasteiger partial charge >= 0.3 is 5.97 Å². The van der Waals surface area contributed by atoms with Gasteiger partial charge in [-0.1, -0.05) is 66.7 Å². The van der Waals surface area contributed by atoms with Crippen LogP contribution < -0.4 is 16.4 Å². The SMILES string of the molecule is NCC1CCC(C(=O)N[C@@H](Cc2ccc(C(=O)c3ccccc3)cc2)C(=O)Nc2ccc(CC(=O)O)cc2)CC1. The molecule has 5 N–H and O–H groups in total. The van der Waals surface area contributed by atoms with Gasteiger partial charge in [-0.25, -0.2) is 0 Å². The number of carboxylic acid groups (broad SMARTS) is 1. The van der Waals surface area contributed by atoms with Crippen LogP contribution in [0.4, 0.5) is 5.69 Å². The Kier molecular flexibility index (Phi) is 9.81. The first-order chi connectivity index (χ1) is 19.3. The number of carbonyl (C=O) groups is 4. The van der Waals surface area contributed by atoms with Gasteiger partial charge in [0, 0.05) is 29.2 Å². The highest BCUT2D eigenvalue weighted by Crippen LogP contribution is 2.28. The standard InChI is InChI=1S/C32H35N3O5/c33-20-23-8-14-26(15-9-23)31(39)35-28(32(40)34-27-16-10-22(11-17-27)19-29(36)37)18-21-6-12-25(13-7-21)30(38)24-4-2-1-3-5-24/h1-7,10-13,16-17,23,26,28H,8-9,14-15,18-20,33H2,(H,34,40)(H,35,39)(H,36,37)/t23?,26?,28-/m0/s1. The van der Waals surface area contributed by atoms with Crippen molar-refractivity contribution in [1.29, 1.82) is 0 Å². The lowest BCUT2D eigenvalue weighted by Crippen LogP contribution is -2.48. The minimum Gasteiger partial charge on any atom is -0.481 e. The van der Waals surface area contributed by atoms with Crippen LogP contribution in [0.2, 0.25) is 0 Å². The van der Waals surface area contributed by atoms with Crippen LogP contribution in [0.1, 0.15) is 52.7 Å². The zero-order valence-corrected chi connectivity index (χ0v) is 22.3. The molecule has 1 fully saturated rings. The predicted octanol–water partition coefficient (Wildman–Crippen LogP) is 3.98. The van der Waals surface area contributed by atoms with Gasteiger partial charge in [0.2, 0.25) is 11.8 Å². The monoisotopic (exact) mass is 541 g/mol. The van der Waals surface area contributed by atoms with Crippen molar-refractivity contribution in [2.75, 3.05) is 11.9 Å². The van der Waals surface area contributed by atoms with Gasteiger partial charge in [-0.3, -0.25) is 19.2 Å². The molecule has 208 valence electrons. The van der Waals surface area contributed by atoms with Gasteiger partial charge in [-0.15, -0.1) is 0 Å². The number of aliphatic carboxylic acids is 1. The van der Waals surface area contributed by atoms with E-state index in [1.807, 2.05) is 18.2 Å². The molecule has 1 saturated carbocycles. The molecule has 8 nitrogen and oxygen atoms in total. The lowest BCUT2D eigenvalue weighted by Gasteiger charge is -2.28. The predicted molar refractivity (Wildman–Crippen MR) is 153 cm³/mol. The van der Waals surface area contributed by atoms with E-state index in [0.717, 1.165) is 31.2 Å². The summed E-state index contributed by atoms with van der Waals surface area (Å²) in [5.74, 6) is -1.28. The van der Waals surface area contributed by atoms with Crippen LogP contribution in [0.25, 0.3) is 0 Å². The van der Waals surface area contributed by atoms with Crippen molar-refractivity contribution in [2.24, 2.45) is 17.6 Å². The third kappa shape index (κ3) is 7.86. The van der Waals surface area contributed by atoms with Crippen molar-refractivity contribution in [3.8, 4) is 0 Å². The molecule has 2 amide bonds. The average molecular weight is 542 g/mol. The van der Waals surface area contributed by atoms with Crippen LogP contribution in [0.5, 0.6) is 0 Å². The van der Waals surface area contributed by atoms with Gasteiger partial charge in [0.05, 0.1) is 6.42 Å². The van der Waals surface area contributed by atoms with E-state index >= 15 is 0 Å². The zero-order chi connectivity index (χ0) is 28.5. The molecular formula is C32H35N3O5. The number of anilines is 1. The number of amides is 2. The molecule has 0 radical (unpaired) electrons. The fourth-order valence-electron chi connectivity index (χ4n) is 5.05. The highest BCUT2D eigenvalue weighted by Gasteiger charge is 2.29. The summed E-state index contributed by atoms with van der Waals surface area (Å²) in [6.07, 6.45) is 3.40. The first-order valence-corrected chi connectivity index (χ1v) is 13.6. The summed E-state index contributed by atoms with van der Waals surface area (Å²) in [7, 11) is 0. The summed E-state index contributed by atoms with van der Waals surface area (Å²) < 4.78 is 0. The molecule has 3 aromatic carbocycles. The molecule has 0 spiro atoms. The Hall–Kier alpha value is -4.30. The number of carboxylic acids is 1. The van der Waals surface area contributed by atoms with Gasteiger partial charge < -0.3 is 21.5 Å². The topological polar surface area (TPSA) is 139 Å². The molecule has 0 saturated heterocycles. The van der Waals surface area contributed by atoms with Crippen molar-refractivity contribution >= 4 is 29.3 Å². The maximum Gasteiger partial charge on any atom is 0.307 e. The fourth-order valence-corrected chi connectivity index (χ4v) is 5.05. The van der Waals surface area contributed by atoms with E-state index in [1.165, 1.54) is 0 Å². The average Bonchev–Trinajstić information content (AvgIpc) is 2.98. The van der Waals surface area contributed by atoms with Crippen molar-refractivity contribution in [3.63, 3.8) is 0 Å². The maximum atomic E-state index is 13.4. The Morgan fingerprint density at radius 2 is 1.40 bits per heavy atom. The second-order valence-corrected chi connectivity index (χ2v) is 10.4. The van der Waals surface area contributed by atoms with E-state index < -0.39 is 12.0 Å². The number of ketones is 1. The van der Waals surface area contributed by atoms with Crippen LogP contribution >= 0.6 is 0 Å². The van der Waals surface area contributed by atoms with Gasteiger partial charge in [0.1, 0.15) is 6.04 Å².